The van der Waals surface area contributed by atoms with E-state index in [4.69, 9.17) is 5.73 Å². The summed E-state index contributed by atoms with van der Waals surface area (Å²) in [5.74, 6) is 0.297. The van der Waals surface area contributed by atoms with E-state index in [2.05, 4.69) is 15.0 Å². The zero-order chi connectivity index (χ0) is 12.0. The molecule has 7 nitrogen and oxygen atoms in total. The zero-order valence-corrected chi connectivity index (χ0v) is 8.80. The lowest BCUT2D eigenvalue weighted by molar-refractivity contribution is 0.0375. The minimum Gasteiger partial charge on any atom is -0.388 e. The number of nitrogen functional groups attached to an aromatic ring is 1. The average molecular weight is 233 g/mol. The fraction of sp³-hybridized carbons (Fsp3) is 0.300. The van der Waals surface area contributed by atoms with Crippen LogP contribution in [0.4, 0.5) is 5.82 Å². The van der Waals surface area contributed by atoms with Crippen LogP contribution >= 0.6 is 0 Å². The maximum atomic E-state index is 9.82. The van der Waals surface area contributed by atoms with E-state index >= 15 is 0 Å². The largest absolute Gasteiger partial charge is 0.388 e. The summed E-state index contributed by atoms with van der Waals surface area (Å²) in [6, 6.07) is -0.385. The summed E-state index contributed by atoms with van der Waals surface area (Å²) in [4.78, 5) is 12.0. The predicted molar refractivity (Wildman–Crippen MR) is 59.9 cm³/mol. The monoisotopic (exact) mass is 233 g/mol. The first-order valence-corrected chi connectivity index (χ1v) is 5.16. The molecule has 3 atom stereocenters. The number of aromatic nitrogens is 4. The number of hydrogen-bond acceptors (Lipinski definition) is 6. The summed E-state index contributed by atoms with van der Waals surface area (Å²) < 4.78 is 1.67. The van der Waals surface area contributed by atoms with Crippen LogP contribution in [-0.2, 0) is 0 Å². The summed E-state index contributed by atoms with van der Waals surface area (Å²) in [7, 11) is 0. The van der Waals surface area contributed by atoms with Gasteiger partial charge in [0.05, 0.1) is 12.4 Å². The van der Waals surface area contributed by atoms with Crippen LogP contribution in [0.5, 0.6) is 0 Å². The van der Waals surface area contributed by atoms with Crippen molar-refractivity contribution in [2.24, 2.45) is 0 Å². The number of imidazole rings is 1. The number of nitrogens with two attached hydrogens (primary N) is 1. The Bertz CT molecular complexity index is 593. The highest BCUT2D eigenvalue weighted by Crippen LogP contribution is 2.27. The van der Waals surface area contributed by atoms with E-state index < -0.39 is 12.2 Å². The second-order valence-electron chi connectivity index (χ2n) is 3.94. The van der Waals surface area contributed by atoms with Crippen LogP contribution in [0.25, 0.3) is 11.2 Å². The van der Waals surface area contributed by atoms with Gasteiger partial charge in [0, 0.05) is 0 Å². The molecule has 0 spiro atoms. The first kappa shape index (κ1) is 10.2. The van der Waals surface area contributed by atoms with E-state index in [9.17, 15) is 10.2 Å². The molecule has 4 N–H and O–H groups in total. The quantitative estimate of drug-likeness (QED) is 0.558. The molecule has 0 amide bonds. The second-order valence-corrected chi connectivity index (χ2v) is 3.94. The van der Waals surface area contributed by atoms with Crippen LogP contribution in [0.1, 0.15) is 6.04 Å². The molecule has 0 fully saturated rings. The SMILES string of the molecule is Nc1ncnc2c1ncn2[C@H]1C=C[C@H](O)[C@@H]1O. The van der Waals surface area contributed by atoms with Crippen molar-refractivity contribution in [2.75, 3.05) is 5.73 Å². The molecule has 0 saturated carbocycles. The Labute approximate surface area is 96.2 Å². The van der Waals surface area contributed by atoms with Gasteiger partial charge in [-0.1, -0.05) is 12.2 Å². The summed E-state index contributed by atoms with van der Waals surface area (Å²) in [6.07, 6.45) is 4.38. The molecule has 17 heavy (non-hydrogen) atoms. The van der Waals surface area contributed by atoms with E-state index in [0.29, 0.717) is 17.0 Å². The fourth-order valence-corrected chi connectivity index (χ4v) is 2.00. The van der Waals surface area contributed by atoms with E-state index in [1.54, 1.807) is 16.7 Å². The Balaban J connectivity index is 2.13. The molecule has 1 aliphatic carbocycles. The molecule has 0 unspecified atom stereocenters. The van der Waals surface area contributed by atoms with E-state index in [1.807, 2.05) is 0 Å². The minimum absolute atomic E-state index is 0.297. The van der Waals surface area contributed by atoms with E-state index in [0.717, 1.165) is 0 Å². The van der Waals surface area contributed by atoms with Crippen LogP contribution in [0.15, 0.2) is 24.8 Å². The predicted octanol–water partition coefficient (Wildman–Crippen LogP) is -0.759. The maximum absolute atomic E-state index is 9.82. The summed E-state index contributed by atoms with van der Waals surface area (Å²) in [6.45, 7) is 0. The van der Waals surface area contributed by atoms with Gasteiger partial charge in [-0.05, 0) is 0 Å². The van der Waals surface area contributed by atoms with Crippen molar-refractivity contribution in [3.63, 3.8) is 0 Å². The van der Waals surface area contributed by atoms with Crippen molar-refractivity contribution in [1.82, 2.24) is 19.5 Å². The molecule has 0 bridgehead atoms. The summed E-state index contributed by atoms with van der Waals surface area (Å²) in [5.41, 5.74) is 6.71. The number of rotatable bonds is 1. The molecule has 3 rings (SSSR count). The summed E-state index contributed by atoms with van der Waals surface area (Å²) >= 11 is 0. The highest BCUT2D eigenvalue weighted by molar-refractivity contribution is 5.81. The molecule has 0 aliphatic heterocycles. The van der Waals surface area contributed by atoms with Gasteiger partial charge in [0.2, 0.25) is 0 Å². The van der Waals surface area contributed by atoms with Crippen LogP contribution in [0.3, 0.4) is 0 Å². The van der Waals surface area contributed by atoms with Crippen molar-refractivity contribution < 1.29 is 10.2 Å². The smallest absolute Gasteiger partial charge is 0.166 e. The van der Waals surface area contributed by atoms with Gasteiger partial charge in [-0.15, -0.1) is 0 Å². The first-order valence-electron chi connectivity index (χ1n) is 5.16. The number of aliphatic hydroxyl groups is 2. The van der Waals surface area contributed by atoms with Gasteiger partial charge < -0.3 is 20.5 Å². The number of anilines is 1. The Kier molecular flexibility index (Phi) is 2.10. The van der Waals surface area contributed by atoms with Gasteiger partial charge in [0.25, 0.3) is 0 Å². The number of fused-ring (bicyclic) bond motifs is 1. The molecule has 2 heterocycles. The Morgan fingerprint density at radius 2 is 2.00 bits per heavy atom. The summed E-state index contributed by atoms with van der Waals surface area (Å²) in [5, 5.41) is 19.3. The van der Waals surface area contributed by atoms with Gasteiger partial charge in [0.15, 0.2) is 11.5 Å². The molecule has 1 aliphatic rings. The highest BCUT2D eigenvalue weighted by Gasteiger charge is 2.30. The number of nitrogens with zero attached hydrogens (tertiary/aromatic N) is 4. The van der Waals surface area contributed by atoms with E-state index in [-0.39, 0.29) is 6.04 Å². The van der Waals surface area contributed by atoms with Crippen LogP contribution in [-0.4, -0.2) is 41.9 Å². The van der Waals surface area contributed by atoms with Crippen LogP contribution < -0.4 is 5.73 Å². The molecule has 2 aromatic heterocycles. The number of hydrogen-bond donors (Lipinski definition) is 3. The van der Waals surface area contributed by atoms with Gasteiger partial charge in [0.1, 0.15) is 24.1 Å². The minimum atomic E-state index is -0.899. The highest BCUT2D eigenvalue weighted by atomic mass is 16.3. The Morgan fingerprint density at radius 1 is 1.18 bits per heavy atom. The molecular formula is C10H11N5O2. The van der Waals surface area contributed by atoms with E-state index in [1.165, 1.54) is 12.7 Å². The van der Waals surface area contributed by atoms with Gasteiger partial charge in [-0.2, -0.15) is 0 Å². The topological polar surface area (TPSA) is 110 Å². The van der Waals surface area contributed by atoms with Crippen LogP contribution in [0.2, 0.25) is 0 Å². The molecular weight excluding hydrogens is 222 g/mol. The Morgan fingerprint density at radius 3 is 2.71 bits per heavy atom. The van der Waals surface area contributed by atoms with Gasteiger partial charge >= 0.3 is 0 Å². The van der Waals surface area contributed by atoms with Crippen LogP contribution in [0, 0.1) is 0 Å². The molecule has 88 valence electrons. The molecule has 0 saturated heterocycles. The molecule has 7 heteroatoms. The lowest BCUT2D eigenvalue weighted by atomic mass is 10.2. The maximum Gasteiger partial charge on any atom is 0.166 e. The normalized spacial score (nSPS) is 28.0. The third-order valence-corrected chi connectivity index (χ3v) is 2.91. The van der Waals surface area contributed by atoms with Crippen molar-refractivity contribution in [2.45, 2.75) is 18.2 Å². The number of aliphatic hydroxyl groups excluding tert-OH is 2. The Hall–Kier alpha value is -1.99. The first-order chi connectivity index (χ1) is 8.18. The lowest BCUT2D eigenvalue weighted by Crippen LogP contribution is -2.27. The van der Waals surface area contributed by atoms with Gasteiger partial charge in [-0.3, -0.25) is 0 Å². The van der Waals surface area contributed by atoms with Gasteiger partial charge in [-0.25, -0.2) is 15.0 Å². The lowest BCUT2D eigenvalue weighted by Gasteiger charge is -2.18. The molecule has 2 aromatic rings. The van der Waals surface area contributed by atoms with Crippen molar-refractivity contribution in [1.29, 1.82) is 0 Å². The molecule has 0 aromatic carbocycles. The zero-order valence-electron chi connectivity index (χ0n) is 8.80. The van der Waals surface area contributed by atoms with Crippen molar-refractivity contribution in [3.8, 4) is 0 Å². The standard InChI is InChI=1S/C10H11N5O2/c11-9-7-10(13-3-12-9)15(4-14-7)5-1-2-6(16)8(5)17/h1-6,8,16-17H,(H2,11,12,13)/t5-,6-,8+/m0/s1. The fourth-order valence-electron chi connectivity index (χ4n) is 2.00. The third kappa shape index (κ3) is 1.40. The second kappa shape index (κ2) is 3.51. The molecule has 0 radical (unpaired) electrons. The third-order valence-electron chi connectivity index (χ3n) is 2.91. The average Bonchev–Trinajstić information content (AvgIpc) is 2.86. The van der Waals surface area contributed by atoms with Crippen molar-refractivity contribution >= 4 is 17.0 Å². The van der Waals surface area contributed by atoms with Crippen molar-refractivity contribution in [3.05, 3.63) is 24.8 Å².